The third-order valence-corrected chi connectivity index (χ3v) is 5.24. The molecular formula is C9H13N3O4S. The van der Waals surface area contributed by atoms with E-state index < -0.39 is 21.4 Å². The Bertz CT molecular complexity index is 466. The van der Waals surface area contributed by atoms with Gasteiger partial charge < -0.3 is 4.74 Å². The molecule has 1 spiro atoms. The van der Waals surface area contributed by atoms with Crippen LogP contribution in [0.4, 0.5) is 0 Å². The minimum Gasteiger partial charge on any atom is -0.462 e. The van der Waals surface area contributed by atoms with Crippen LogP contribution in [0, 0.1) is 5.41 Å². The van der Waals surface area contributed by atoms with E-state index in [0.29, 0.717) is 12.8 Å². The zero-order chi connectivity index (χ0) is 12.5. The van der Waals surface area contributed by atoms with Gasteiger partial charge in [0.1, 0.15) is 15.9 Å². The van der Waals surface area contributed by atoms with Gasteiger partial charge in [0.2, 0.25) is 0 Å². The second-order valence-electron chi connectivity index (χ2n) is 4.58. The third kappa shape index (κ3) is 2.37. The summed E-state index contributed by atoms with van der Waals surface area (Å²) in [6.45, 7) is 0.0856. The monoisotopic (exact) mass is 259 g/mol. The molecule has 0 aromatic rings. The first-order chi connectivity index (χ1) is 7.97. The van der Waals surface area contributed by atoms with Gasteiger partial charge in [-0.05, 0) is 18.4 Å². The van der Waals surface area contributed by atoms with Crippen LogP contribution in [0.5, 0.6) is 0 Å². The minimum absolute atomic E-state index is 0.0798. The van der Waals surface area contributed by atoms with E-state index in [2.05, 4.69) is 10.0 Å². The van der Waals surface area contributed by atoms with Gasteiger partial charge in [0, 0.05) is 10.3 Å². The van der Waals surface area contributed by atoms with Crippen molar-refractivity contribution in [2.45, 2.75) is 25.4 Å². The molecule has 2 aliphatic rings. The van der Waals surface area contributed by atoms with E-state index in [1.165, 1.54) is 0 Å². The normalized spacial score (nSPS) is 29.6. The SMILES string of the molecule is [N-]=[N+]=NCC1OC(=O)CC12CCS(=O)(=O)CC2. The maximum Gasteiger partial charge on any atom is 0.306 e. The van der Waals surface area contributed by atoms with E-state index in [9.17, 15) is 13.2 Å². The number of hydrogen-bond donors (Lipinski definition) is 0. The highest BCUT2D eigenvalue weighted by atomic mass is 32.2. The molecule has 0 aromatic carbocycles. The highest BCUT2D eigenvalue weighted by molar-refractivity contribution is 7.91. The molecule has 0 N–H and O–H groups in total. The third-order valence-electron chi connectivity index (χ3n) is 3.59. The lowest BCUT2D eigenvalue weighted by atomic mass is 9.76. The van der Waals surface area contributed by atoms with Crippen molar-refractivity contribution >= 4 is 15.8 Å². The number of ether oxygens (including phenoxy) is 1. The van der Waals surface area contributed by atoms with Crippen molar-refractivity contribution in [3.8, 4) is 0 Å². The van der Waals surface area contributed by atoms with E-state index >= 15 is 0 Å². The predicted octanol–water partition coefficient (Wildman–Crippen LogP) is 0.807. The highest BCUT2D eigenvalue weighted by Gasteiger charge is 2.51. The van der Waals surface area contributed by atoms with Gasteiger partial charge in [-0.2, -0.15) is 0 Å². The summed E-state index contributed by atoms with van der Waals surface area (Å²) in [4.78, 5) is 14.0. The van der Waals surface area contributed by atoms with Crippen LogP contribution in [0.3, 0.4) is 0 Å². The van der Waals surface area contributed by atoms with Gasteiger partial charge in [-0.15, -0.1) is 0 Å². The molecule has 2 fully saturated rings. The average molecular weight is 259 g/mol. The summed E-state index contributed by atoms with van der Waals surface area (Å²) >= 11 is 0. The maximum absolute atomic E-state index is 11.4. The lowest BCUT2D eigenvalue weighted by Gasteiger charge is -2.35. The Hall–Kier alpha value is -1.27. The first-order valence-corrected chi connectivity index (χ1v) is 7.20. The number of nitrogens with zero attached hydrogens (tertiary/aromatic N) is 3. The van der Waals surface area contributed by atoms with Gasteiger partial charge in [0.15, 0.2) is 0 Å². The summed E-state index contributed by atoms with van der Waals surface area (Å²) < 4.78 is 27.9. The molecule has 94 valence electrons. The van der Waals surface area contributed by atoms with Crippen molar-refractivity contribution in [1.29, 1.82) is 0 Å². The zero-order valence-corrected chi connectivity index (χ0v) is 10.0. The molecule has 8 heteroatoms. The Balaban J connectivity index is 2.17. The van der Waals surface area contributed by atoms with Crippen LogP contribution in [-0.2, 0) is 19.4 Å². The van der Waals surface area contributed by atoms with Gasteiger partial charge >= 0.3 is 5.97 Å². The van der Waals surface area contributed by atoms with Crippen LogP contribution in [0.1, 0.15) is 19.3 Å². The first-order valence-electron chi connectivity index (χ1n) is 5.38. The molecule has 0 amide bonds. The van der Waals surface area contributed by atoms with E-state index in [1.54, 1.807) is 0 Å². The molecule has 2 heterocycles. The number of sulfone groups is 1. The van der Waals surface area contributed by atoms with Crippen molar-refractivity contribution in [3.63, 3.8) is 0 Å². The number of carbonyl (C=O) groups excluding carboxylic acids is 1. The van der Waals surface area contributed by atoms with Gasteiger partial charge in [0.25, 0.3) is 0 Å². The van der Waals surface area contributed by atoms with E-state index in [-0.39, 0.29) is 30.4 Å². The van der Waals surface area contributed by atoms with E-state index in [0.717, 1.165) is 0 Å². The van der Waals surface area contributed by atoms with Crippen LogP contribution in [0.15, 0.2) is 5.11 Å². The fraction of sp³-hybridized carbons (Fsp3) is 0.889. The smallest absolute Gasteiger partial charge is 0.306 e. The quantitative estimate of drug-likeness (QED) is 0.316. The number of azide groups is 1. The number of esters is 1. The van der Waals surface area contributed by atoms with Crippen molar-refractivity contribution in [1.82, 2.24) is 0 Å². The van der Waals surface area contributed by atoms with Crippen LogP contribution in [0.25, 0.3) is 10.4 Å². The molecule has 0 aliphatic carbocycles. The Morgan fingerprint density at radius 2 is 2.12 bits per heavy atom. The summed E-state index contributed by atoms with van der Waals surface area (Å²) in [5.41, 5.74) is 7.84. The van der Waals surface area contributed by atoms with Gasteiger partial charge in [-0.25, -0.2) is 8.42 Å². The van der Waals surface area contributed by atoms with Crippen molar-refractivity contribution < 1.29 is 17.9 Å². The number of carbonyl (C=O) groups is 1. The molecule has 0 radical (unpaired) electrons. The molecule has 2 aliphatic heterocycles. The molecule has 0 bridgehead atoms. The molecular weight excluding hydrogens is 246 g/mol. The molecule has 2 saturated heterocycles. The van der Waals surface area contributed by atoms with Gasteiger partial charge in [0.05, 0.1) is 24.5 Å². The van der Waals surface area contributed by atoms with E-state index in [4.69, 9.17) is 10.3 Å². The number of rotatable bonds is 2. The average Bonchev–Trinajstić information content (AvgIpc) is 2.57. The topological polar surface area (TPSA) is 109 Å². The van der Waals surface area contributed by atoms with Crippen LogP contribution in [0.2, 0.25) is 0 Å². The lowest BCUT2D eigenvalue weighted by molar-refractivity contribution is -0.141. The second kappa shape index (κ2) is 4.19. The molecule has 1 unspecified atom stereocenters. The fourth-order valence-electron chi connectivity index (χ4n) is 2.51. The number of hydrogen-bond acceptors (Lipinski definition) is 5. The minimum atomic E-state index is -2.98. The second-order valence-corrected chi connectivity index (χ2v) is 6.89. The standard InChI is InChI=1S/C9H13N3O4S/c10-12-11-6-7-9(5-8(13)16-7)1-3-17(14,15)4-2-9/h7H,1-6H2. The first kappa shape index (κ1) is 12.2. The van der Waals surface area contributed by atoms with Crippen LogP contribution >= 0.6 is 0 Å². The Labute approximate surface area is 98.7 Å². The Morgan fingerprint density at radius 3 is 2.71 bits per heavy atom. The van der Waals surface area contributed by atoms with Crippen LogP contribution in [-0.4, -0.2) is 38.5 Å². The molecule has 1 atom stereocenters. The summed E-state index contributed by atoms with van der Waals surface area (Å²) in [5, 5.41) is 3.43. The van der Waals surface area contributed by atoms with Gasteiger partial charge in [-0.1, -0.05) is 5.11 Å². The number of cyclic esters (lactones) is 1. The van der Waals surface area contributed by atoms with Crippen LogP contribution < -0.4 is 0 Å². The summed E-state index contributed by atoms with van der Waals surface area (Å²) in [5.74, 6) is -0.172. The molecule has 0 saturated carbocycles. The predicted molar refractivity (Wildman–Crippen MR) is 58.8 cm³/mol. The largest absolute Gasteiger partial charge is 0.462 e. The summed E-state index contributed by atoms with van der Waals surface area (Å²) in [6, 6.07) is 0. The summed E-state index contributed by atoms with van der Waals surface area (Å²) in [6.07, 6.45) is 0.578. The van der Waals surface area contributed by atoms with Crippen molar-refractivity contribution in [3.05, 3.63) is 10.4 Å². The van der Waals surface area contributed by atoms with Crippen molar-refractivity contribution in [2.24, 2.45) is 10.5 Å². The summed E-state index contributed by atoms with van der Waals surface area (Å²) in [7, 11) is -2.98. The lowest BCUT2D eigenvalue weighted by Crippen LogP contribution is -2.40. The van der Waals surface area contributed by atoms with Crippen molar-refractivity contribution in [2.75, 3.05) is 18.1 Å². The molecule has 17 heavy (non-hydrogen) atoms. The molecule has 2 rings (SSSR count). The Kier molecular flexibility index (Phi) is 3.01. The van der Waals surface area contributed by atoms with Gasteiger partial charge in [-0.3, -0.25) is 4.79 Å². The fourth-order valence-corrected chi connectivity index (χ4v) is 4.15. The highest BCUT2D eigenvalue weighted by Crippen LogP contribution is 2.45. The Morgan fingerprint density at radius 1 is 1.47 bits per heavy atom. The molecule has 0 aromatic heterocycles. The zero-order valence-electron chi connectivity index (χ0n) is 9.20. The van der Waals surface area contributed by atoms with E-state index in [1.807, 2.05) is 0 Å². The maximum atomic E-state index is 11.4. The molecule has 7 nitrogen and oxygen atoms in total.